The van der Waals surface area contributed by atoms with Crippen LogP contribution in [0, 0.1) is 0 Å². The summed E-state index contributed by atoms with van der Waals surface area (Å²) in [6.07, 6.45) is 2.04. The van der Waals surface area contributed by atoms with E-state index in [2.05, 4.69) is 0 Å². The molecule has 1 heterocycles. The number of aromatic nitrogens is 1. The highest BCUT2D eigenvalue weighted by molar-refractivity contribution is 5.89. The van der Waals surface area contributed by atoms with E-state index in [4.69, 9.17) is 52.1 Å². The fourth-order valence-corrected chi connectivity index (χ4v) is 6.10. The first-order valence-corrected chi connectivity index (χ1v) is 16.2. The molecular formula is C40H45NO11. The highest BCUT2D eigenvalue weighted by Crippen LogP contribution is 2.47. The zero-order chi connectivity index (χ0) is 37.4. The van der Waals surface area contributed by atoms with Gasteiger partial charge in [0.05, 0.1) is 83.2 Å². The number of hydrogen-bond donors (Lipinski definition) is 0. The van der Waals surface area contributed by atoms with Crippen molar-refractivity contribution in [3.63, 3.8) is 0 Å². The zero-order valence-corrected chi connectivity index (χ0v) is 31.2. The molecule has 0 aliphatic heterocycles. The standard InChI is InChI=1S/C40H45NO11/c1-42-29-13-11-26(19-31(29)44-3)28-22-41(21-24-15-33(46-5)38(50-9)34(16-24)47-6)40(37(28)27-12-14-30(43-2)32(20-27)45-4)52-23-25-17-35(48-7)39(51-10)36(18-25)49-8/h11-20,22H,21,23H2,1-10H3. The molecule has 0 bridgehead atoms. The lowest BCUT2D eigenvalue weighted by Gasteiger charge is -2.18. The molecular weight excluding hydrogens is 670 g/mol. The normalized spacial score (nSPS) is 10.7. The summed E-state index contributed by atoms with van der Waals surface area (Å²) < 4.78 is 65.3. The van der Waals surface area contributed by atoms with E-state index < -0.39 is 0 Å². The Balaban J connectivity index is 1.77. The largest absolute Gasteiger partial charge is 0.493 e. The van der Waals surface area contributed by atoms with Gasteiger partial charge in [-0.3, -0.25) is 0 Å². The van der Waals surface area contributed by atoms with Crippen LogP contribution in [0.15, 0.2) is 66.9 Å². The van der Waals surface area contributed by atoms with E-state index in [0.717, 1.165) is 33.4 Å². The first kappa shape index (κ1) is 37.2. The molecule has 0 aliphatic rings. The lowest BCUT2D eigenvalue weighted by Crippen LogP contribution is -2.06. The second kappa shape index (κ2) is 16.8. The Morgan fingerprint density at radius 1 is 0.423 bits per heavy atom. The summed E-state index contributed by atoms with van der Waals surface area (Å²) in [5.74, 6) is 5.98. The Kier molecular flexibility index (Phi) is 12.0. The summed E-state index contributed by atoms with van der Waals surface area (Å²) in [7, 11) is 15.9. The molecule has 0 N–H and O–H groups in total. The predicted octanol–water partition coefficient (Wildman–Crippen LogP) is 7.54. The molecule has 52 heavy (non-hydrogen) atoms. The molecule has 5 rings (SSSR count). The van der Waals surface area contributed by atoms with Crippen molar-refractivity contribution in [1.82, 2.24) is 4.57 Å². The molecule has 0 atom stereocenters. The number of nitrogens with zero attached hydrogens (tertiary/aromatic N) is 1. The molecule has 0 unspecified atom stereocenters. The van der Waals surface area contributed by atoms with Crippen LogP contribution in [-0.2, 0) is 13.2 Å². The quantitative estimate of drug-likeness (QED) is 0.0954. The summed E-state index contributed by atoms with van der Waals surface area (Å²) >= 11 is 0. The van der Waals surface area contributed by atoms with Gasteiger partial charge in [0, 0.05) is 11.8 Å². The van der Waals surface area contributed by atoms with E-state index in [-0.39, 0.29) is 6.61 Å². The minimum Gasteiger partial charge on any atom is -0.493 e. The van der Waals surface area contributed by atoms with Gasteiger partial charge in [0.15, 0.2) is 46.0 Å². The Morgan fingerprint density at radius 2 is 0.846 bits per heavy atom. The molecule has 0 aliphatic carbocycles. The molecule has 1 aromatic heterocycles. The SMILES string of the molecule is COc1ccc(-c2cn(Cc3cc(OC)c(OC)c(OC)c3)c(OCc3cc(OC)c(OC)c(OC)c3)c2-c2ccc(OC)c(OC)c2)cc1OC. The topological polar surface area (TPSA) is 106 Å². The molecule has 0 spiro atoms. The van der Waals surface area contributed by atoms with E-state index in [1.165, 1.54) is 0 Å². The van der Waals surface area contributed by atoms with Crippen LogP contribution in [0.5, 0.6) is 63.4 Å². The summed E-state index contributed by atoms with van der Waals surface area (Å²) in [6.45, 7) is 0.524. The van der Waals surface area contributed by atoms with Crippen LogP contribution in [0.25, 0.3) is 22.3 Å². The third kappa shape index (κ3) is 7.36. The second-order valence-corrected chi connectivity index (χ2v) is 11.3. The molecule has 0 saturated carbocycles. The molecule has 0 radical (unpaired) electrons. The molecule has 0 amide bonds. The van der Waals surface area contributed by atoms with Gasteiger partial charge in [-0.2, -0.15) is 0 Å². The number of rotatable bonds is 17. The monoisotopic (exact) mass is 715 g/mol. The van der Waals surface area contributed by atoms with Crippen LogP contribution in [0.2, 0.25) is 0 Å². The maximum Gasteiger partial charge on any atom is 0.203 e. The minimum absolute atomic E-state index is 0.154. The van der Waals surface area contributed by atoms with Gasteiger partial charge >= 0.3 is 0 Å². The van der Waals surface area contributed by atoms with E-state index in [9.17, 15) is 0 Å². The lowest BCUT2D eigenvalue weighted by atomic mass is 9.98. The number of methoxy groups -OCH3 is 10. The van der Waals surface area contributed by atoms with E-state index in [0.29, 0.717) is 69.9 Å². The summed E-state index contributed by atoms with van der Waals surface area (Å²) in [5.41, 5.74) is 5.02. The van der Waals surface area contributed by atoms with Crippen LogP contribution in [0.4, 0.5) is 0 Å². The molecule has 0 saturated heterocycles. The van der Waals surface area contributed by atoms with E-state index in [1.807, 2.05) is 71.4 Å². The average Bonchev–Trinajstić information content (AvgIpc) is 3.55. The van der Waals surface area contributed by atoms with E-state index >= 15 is 0 Å². The van der Waals surface area contributed by atoms with Gasteiger partial charge in [-0.05, 0) is 70.8 Å². The summed E-state index contributed by atoms with van der Waals surface area (Å²) in [5, 5.41) is 0. The van der Waals surface area contributed by atoms with Gasteiger partial charge in [0.1, 0.15) is 6.61 Å². The van der Waals surface area contributed by atoms with Crippen molar-refractivity contribution >= 4 is 0 Å². The highest BCUT2D eigenvalue weighted by Gasteiger charge is 2.25. The van der Waals surface area contributed by atoms with Gasteiger partial charge in [-0.25, -0.2) is 0 Å². The third-order valence-corrected chi connectivity index (χ3v) is 8.57. The van der Waals surface area contributed by atoms with Crippen molar-refractivity contribution in [3.8, 4) is 85.6 Å². The van der Waals surface area contributed by atoms with Crippen molar-refractivity contribution in [3.05, 3.63) is 78.0 Å². The van der Waals surface area contributed by atoms with Crippen molar-refractivity contribution in [2.45, 2.75) is 13.2 Å². The molecule has 4 aromatic carbocycles. The molecule has 0 fully saturated rings. The van der Waals surface area contributed by atoms with Gasteiger partial charge < -0.3 is 56.7 Å². The maximum absolute atomic E-state index is 6.84. The van der Waals surface area contributed by atoms with Crippen LogP contribution < -0.4 is 52.1 Å². The van der Waals surface area contributed by atoms with Crippen LogP contribution >= 0.6 is 0 Å². The van der Waals surface area contributed by atoms with Crippen LogP contribution in [0.1, 0.15) is 11.1 Å². The molecule has 12 heteroatoms. The van der Waals surface area contributed by atoms with Crippen molar-refractivity contribution in [2.24, 2.45) is 0 Å². The number of ether oxygens (including phenoxy) is 11. The van der Waals surface area contributed by atoms with Gasteiger partial charge in [0.25, 0.3) is 0 Å². The van der Waals surface area contributed by atoms with Crippen LogP contribution in [-0.4, -0.2) is 75.7 Å². The Labute approximate surface area is 304 Å². The zero-order valence-electron chi connectivity index (χ0n) is 31.2. The molecule has 276 valence electrons. The highest BCUT2D eigenvalue weighted by atomic mass is 16.5. The first-order chi connectivity index (χ1) is 25.3. The lowest BCUT2D eigenvalue weighted by molar-refractivity contribution is 0.278. The molecule has 5 aromatic rings. The second-order valence-electron chi connectivity index (χ2n) is 11.3. The minimum atomic E-state index is 0.154. The van der Waals surface area contributed by atoms with Gasteiger partial charge in [-0.1, -0.05) is 12.1 Å². The van der Waals surface area contributed by atoms with Crippen molar-refractivity contribution in [1.29, 1.82) is 0 Å². The van der Waals surface area contributed by atoms with Crippen molar-refractivity contribution in [2.75, 3.05) is 71.1 Å². The maximum atomic E-state index is 6.84. The fraction of sp³-hybridized carbons (Fsp3) is 0.300. The van der Waals surface area contributed by atoms with Gasteiger partial charge in [0.2, 0.25) is 17.4 Å². The van der Waals surface area contributed by atoms with E-state index in [1.54, 1.807) is 71.1 Å². The number of hydrogen-bond acceptors (Lipinski definition) is 11. The Bertz CT molecular complexity index is 1950. The predicted molar refractivity (Wildman–Crippen MR) is 197 cm³/mol. The Hall–Kier alpha value is -6.04. The van der Waals surface area contributed by atoms with Crippen molar-refractivity contribution < 1.29 is 52.1 Å². The van der Waals surface area contributed by atoms with Crippen LogP contribution in [0.3, 0.4) is 0 Å². The third-order valence-electron chi connectivity index (χ3n) is 8.57. The smallest absolute Gasteiger partial charge is 0.203 e. The number of benzene rings is 4. The fourth-order valence-electron chi connectivity index (χ4n) is 6.10. The van der Waals surface area contributed by atoms with Gasteiger partial charge in [-0.15, -0.1) is 0 Å². The summed E-state index contributed by atoms with van der Waals surface area (Å²) in [6, 6.07) is 19.1. The first-order valence-electron chi connectivity index (χ1n) is 16.2. The molecule has 12 nitrogen and oxygen atoms in total. The average molecular weight is 716 g/mol. The summed E-state index contributed by atoms with van der Waals surface area (Å²) in [4.78, 5) is 0. The Morgan fingerprint density at radius 3 is 1.29 bits per heavy atom.